The van der Waals surface area contributed by atoms with Crippen LogP contribution in [-0.2, 0) is 14.3 Å². The molecule has 0 aromatic rings. The third-order valence-corrected chi connectivity index (χ3v) is 19.1. The Morgan fingerprint density at radius 3 is 0.791 bits per heavy atom. The second-order valence-electron chi connectivity index (χ2n) is 27.8. The molecule has 0 aliphatic carbocycles. The molecule has 0 aliphatic rings. The number of hydrogen-bond donors (Lipinski definition) is 3. The van der Waals surface area contributed by atoms with E-state index in [1.54, 1.807) is 6.08 Å². The first-order valence-corrected chi connectivity index (χ1v) is 40.0. The number of amides is 1. The second kappa shape index (κ2) is 76.1. The third-order valence-electron chi connectivity index (χ3n) is 19.1. The lowest BCUT2D eigenvalue weighted by molar-refractivity contribution is -0.143. The summed E-state index contributed by atoms with van der Waals surface area (Å²) in [6.45, 7) is 4.96. The molecule has 0 fully saturated rings. The summed E-state index contributed by atoms with van der Waals surface area (Å²) in [5.74, 6) is -0.0304. The van der Waals surface area contributed by atoms with Crippen LogP contribution in [0.2, 0.25) is 0 Å². The molecule has 2 atom stereocenters. The van der Waals surface area contributed by atoms with Crippen molar-refractivity contribution in [1.82, 2.24) is 5.32 Å². The van der Waals surface area contributed by atoms with Gasteiger partial charge in [0.15, 0.2) is 0 Å². The second-order valence-corrected chi connectivity index (χ2v) is 27.8. The molecule has 0 saturated heterocycles. The molecule has 0 heterocycles. The Labute approximate surface area is 539 Å². The summed E-state index contributed by atoms with van der Waals surface area (Å²) in [7, 11) is 0. The SMILES string of the molecule is CCCCCCCCCCCCCC/C=C/C(O)C(CO)NC(=O)CCCCCCCCCCCCCCCCCCCCCCCCCCCCCCCCCCCCCCCCCOC(=O)CCCCCCCCCCCCCCCCCC. The van der Waals surface area contributed by atoms with Crippen molar-refractivity contribution < 1.29 is 24.5 Å². The minimum absolute atomic E-state index is 0.0285. The van der Waals surface area contributed by atoms with Crippen LogP contribution in [0, 0.1) is 0 Å². The summed E-state index contributed by atoms with van der Waals surface area (Å²) < 4.78 is 5.51. The summed E-state index contributed by atoms with van der Waals surface area (Å²) >= 11 is 0. The van der Waals surface area contributed by atoms with Crippen molar-refractivity contribution in [3.63, 3.8) is 0 Å². The normalized spacial score (nSPS) is 12.5. The first-order valence-electron chi connectivity index (χ1n) is 40.0. The van der Waals surface area contributed by atoms with Gasteiger partial charge in [0, 0.05) is 12.8 Å². The molecule has 2 unspecified atom stereocenters. The molecule has 1 amide bonds. The van der Waals surface area contributed by atoms with Crippen molar-refractivity contribution >= 4 is 11.9 Å². The number of unbranched alkanes of at least 4 members (excludes halogenated alkanes) is 65. The number of carbonyl (C=O) groups excluding carboxylic acids is 2. The van der Waals surface area contributed by atoms with Crippen molar-refractivity contribution in [2.24, 2.45) is 0 Å². The molecule has 0 radical (unpaired) electrons. The topological polar surface area (TPSA) is 95.9 Å². The van der Waals surface area contributed by atoms with Gasteiger partial charge in [-0.05, 0) is 32.1 Å². The summed E-state index contributed by atoms with van der Waals surface area (Å²) in [5.41, 5.74) is 0. The lowest BCUT2D eigenvalue weighted by Crippen LogP contribution is -2.45. The van der Waals surface area contributed by atoms with Crippen molar-refractivity contribution in [3.05, 3.63) is 12.2 Å². The van der Waals surface area contributed by atoms with Gasteiger partial charge in [-0.25, -0.2) is 0 Å². The van der Waals surface area contributed by atoms with Gasteiger partial charge in [0.2, 0.25) is 5.91 Å². The summed E-state index contributed by atoms with van der Waals surface area (Å²) in [4.78, 5) is 24.6. The van der Waals surface area contributed by atoms with E-state index in [-0.39, 0.29) is 18.5 Å². The van der Waals surface area contributed by atoms with Crippen molar-refractivity contribution in [1.29, 1.82) is 0 Å². The van der Waals surface area contributed by atoms with E-state index < -0.39 is 12.1 Å². The van der Waals surface area contributed by atoms with Gasteiger partial charge in [-0.1, -0.05) is 431 Å². The maximum absolute atomic E-state index is 12.5. The van der Waals surface area contributed by atoms with E-state index in [1.165, 1.54) is 398 Å². The molecule has 0 spiro atoms. The number of carbonyl (C=O) groups is 2. The Morgan fingerprint density at radius 2 is 0.535 bits per heavy atom. The Balaban J connectivity index is 3.28. The Kier molecular flexibility index (Phi) is 74.8. The Bertz CT molecular complexity index is 1300. The molecular weight excluding hydrogens is 1050 g/mol. The van der Waals surface area contributed by atoms with Crippen LogP contribution < -0.4 is 5.32 Å². The van der Waals surface area contributed by atoms with E-state index in [1.807, 2.05) is 6.08 Å². The molecule has 0 aromatic heterocycles. The van der Waals surface area contributed by atoms with Crippen LogP contribution in [0.4, 0.5) is 0 Å². The highest BCUT2D eigenvalue weighted by Gasteiger charge is 2.18. The fourth-order valence-corrected chi connectivity index (χ4v) is 13.0. The molecule has 0 saturated carbocycles. The van der Waals surface area contributed by atoms with Crippen molar-refractivity contribution in [3.8, 4) is 0 Å². The van der Waals surface area contributed by atoms with Crippen LogP contribution in [0.15, 0.2) is 12.2 Å². The monoisotopic (exact) mass is 1210 g/mol. The van der Waals surface area contributed by atoms with Gasteiger partial charge in [-0.15, -0.1) is 0 Å². The maximum atomic E-state index is 12.5. The number of aliphatic hydroxyl groups is 2. The van der Waals surface area contributed by atoms with Gasteiger partial charge >= 0.3 is 5.97 Å². The summed E-state index contributed by atoms with van der Waals surface area (Å²) in [6, 6.07) is -0.622. The molecule has 0 aromatic carbocycles. The number of allylic oxidation sites excluding steroid dienone is 1. The van der Waals surface area contributed by atoms with E-state index in [0.29, 0.717) is 19.4 Å². The fraction of sp³-hybridized carbons (Fsp3) is 0.950. The van der Waals surface area contributed by atoms with E-state index in [0.717, 1.165) is 38.5 Å². The largest absolute Gasteiger partial charge is 0.466 e. The first kappa shape index (κ1) is 84.6. The molecular formula is C80H157NO5. The predicted molar refractivity (Wildman–Crippen MR) is 380 cm³/mol. The van der Waals surface area contributed by atoms with Gasteiger partial charge in [0.1, 0.15) is 0 Å². The summed E-state index contributed by atoms with van der Waals surface area (Å²) in [6.07, 6.45) is 96.4. The molecule has 0 rings (SSSR count). The van der Waals surface area contributed by atoms with E-state index in [4.69, 9.17) is 4.74 Å². The number of hydrogen-bond acceptors (Lipinski definition) is 5. The Morgan fingerprint density at radius 1 is 0.314 bits per heavy atom. The van der Waals surface area contributed by atoms with E-state index in [9.17, 15) is 19.8 Å². The standard InChI is InChI=1S/C80H157NO5/c1-3-5-7-9-11-13-15-17-19-46-50-54-58-62-66-70-74-80(85)86-75-71-67-63-59-55-51-47-44-42-40-38-36-34-32-30-28-26-24-22-20-21-23-25-27-29-31-33-35-37-39-41-43-45-49-53-57-61-65-69-73-79(84)81-77(76-82)78(83)72-68-64-60-56-52-48-18-16-14-12-10-8-6-4-2/h68,72,77-78,82-83H,3-67,69-71,73-76H2,1-2H3,(H,81,84)/b72-68+. The highest BCUT2D eigenvalue weighted by atomic mass is 16.5. The zero-order valence-electron chi connectivity index (χ0n) is 58.8. The predicted octanol–water partition coefficient (Wildman–Crippen LogP) is 26.3. The first-order chi connectivity index (χ1) is 42.5. The highest BCUT2D eigenvalue weighted by molar-refractivity contribution is 5.76. The van der Waals surface area contributed by atoms with Crippen LogP contribution >= 0.6 is 0 Å². The van der Waals surface area contributed by atoms with Gasteiger partial charge in [0.05, 0.1) is 25.4 Å². The summed E-state index contributed by atoms with van der Waals surface area (Å²) in [5, 5.41) is 23.2. The van der Waals surface area contributed by atoms with Gasteiger partial charge in [0.25, 0.3) is 0 Å². The zero-order valence-corrected chi connectivity index (χ0v) is 58.8. The molecule has 512 valence electrons. The molecule has 3 N–H and O–H groups in total. The Hall–Kier alpha value is -1.40. The number of ether oxygens (including phenoxy) is 1. The lowest BCUT2D eigenvalue weighted by Gasteiger charge is -2.20. The van der Waals surface area contributed by atoms with E-state index in [2.05, 4.69) is 19.2 Å². The minimum atomic E-state index is -0.839. The molecule has 0 aliphatic heterocycles. The van der Waals surface area contributed by atoms with Crippen LogP contribution in [0.3, 0.4) is 0 Å². The smallest absolute Gasteiger partial charge is 0.305 e. The van der Waals surface area contributed by atoms with Crippen molar-refractivity contribution in [2.75, 3.05) is 13.2 Å². The van der Waals surface area contributed by atoms with Crippen LogP contribution in [0.5, 0.6) is 0 Å². The van der Waals surface area contributed by atoms with Crippen LogP contribution in [0.25, 0.3) is 0 Å². The number of nitrogens with one attached hydrogen (secondary N) is 1. The van der Waals surface area contributed by atoms with Crippen LogP contribution in [0.1, 0.15) is 463 Å². The quantitative estimate of drug-likeness (QED) is 0.0320. The van der Waals surface area contributed by atoms with Crippen LogP contribution in [-0.4, -0.2) is 47.4 Å². The highest BCUT2D eigenvalue weighted by Crippen LogP contribution is 2.20. The number of esters is 1. The van der Waals surface area contributed by atoms with Crippen molar-refractivity contribution in [2.45, 2.75) is 475 Å². The van der Waals surface area contributed by atoms with E-state index >= 15 is 0 Å². The fourth-order valence-electron chi connectivity index (χ4n) is 13.0. The van der Waals surface area contributed by atoms with Gasteiger partial charge < -0.3 is 20.3 Å². The van der Waals surface area contributed by atoms with Gasteiger partial charge in [-0.2, -0.15) is 0 Å². The number of rotatable bonds is 76. The lowest BCUT2D eigenvalue weighted by atomic mass is 10.0. The molecule has 6 nitrogen and oxygen atoms in total. The molecule has 6 heteroatoms. The maximum Gasteiger partial charge on any atom is 0.305 e. The molecule has 0 bridgehead atoms. The zero-order chi connectivity index (χ0) is 62.0. The number of aliphatic hydroxyl groups excluding tert-OH is 2. The molecule has 86 heavy (non-hydrogen) atoms. The third kappa shape index (κ3) is 71.7. The van der Waals surface area contributed by atoms with Gasteiger partial charge in [-0.3, -0.25) is 9.59 Å². The average molecular weight is 1210 g/mol. The minimum Gasteiger partial charge on any atom is -0.466 e. The average Bonchev–Trinajstić information content (AvgIpc) is 3.58.